The van der Waals surface area contributed by atoms with Crippen molar-refractivity contribution < 1.29 is 13.2 Å². The van der Waals surface area contributed by atoms with Crippen LogP contribution in [0.15, 0.2) is 18.2 Å². The minimum Gasteiger partial charge on any atom is -0.309 e. The van der Waals surface area contributed by atoms with E-state index in [1.165, 1.54) is 25.0 Å². The highest BCUT2D eigenvalue weighted by Crippen LogP contribution is 2.37. The molecule has 0 bridgehead atoms. The standard InChI is InChI=1S/C16H22F3NS/c1-3-20-15(14-6-4-5-9-21-14)13-8-7-12(10-11(13)2)16(17,18)19/h7-8,10,14-15,20H,3-6,9H2,1-2H3. The van der Waals surface area contributed by atoms with Gasteiger partial charge in [-0.2, -0.15) is 24.9 Å². The van der Waals surface area contributed by atoms with E-state index in [0.29, 0.717) is 5.25 Å². The van der Waals surface area contributed by atoms with Crippen molar-refractivity contribution in [2.24, 2.45) is 0 Å². The molecule has 1 nitrogen and oxygen atoms in total. The van der Waals surface area contributed by atoms with E-state index in [2.05, 4.69) is 5.32 Å². The number of nitrogens with one attached hydrogen (secondary N) is 1. The van der Waals surface area contributed by atoms with Crippen LogP contribution in [0.1, 0.15) is 48.9 Å². The number of rotatable bonds is 4. The lowest BCUT2D eigenvalue weighted by Gasteiger charge is -2.32. The lowest BCUT2D eigenvalue weighted by Crippen LogP contribution is -2.32. The quantitative estimate of drug-likeness (QED) is 0.843. The van der Waals surface area contributed by atoms with E-state index < -0.39 is 11.7 Å². The average Bonchev–Trinajstić information content (AvgIpc) is 2.45. The SMILES string of the molecule is CCNC(c1ccc(C(F)(F)F)cc1C)C1CCCCS1. The molecule has 1 aliphatic rings. The van der Waals surface area contributed by atoms with Gasteiger partial charge >= 0.3 is 6.18 Å². The Morgan fingerprint density at radius 2 is 2.10 bits per heavy atom. The maximum Gasteiger partial charge on any atom is 0.416 e. The smallest absolute Gasteiger partial charge is 0.309 e. The molecule has 0 amide bonds. The molecule has 118 valence electrons. The Bertz CT molecular complexity index is 467. The third kappa shape index (κ3) is 4.16. The van der Waals surface area contributed by atoms with Gasteiger partial charge in [0, 0.05) is 11.3 Å². The van der Waals surface area contributed by atoms with Gasteiger partial charge in [0.2, 0.25) is 0 Å². The second-order valence-corrected chi connectivity index (χ2v) is 6.86. The number of benzene rings is 1. The fourth-order valence-corrected chi connectivity index (χ4v) is 4.33. The van der Waals surface area contributed by atoms with Crippen LogP contribution in [0.5, 0.6) is 0 Å². The maximum absolute atomic E-state index is 12.8. The molecule has 1 saturated heterocycles. The van der Waals surface area contributed by atoms with Gasteiger partial charge in [-0.25, -0.2) is 0 Å². The second-order valence-electron chi connectivity index (χ2n) is 5.51. The summed E-state index contributed by atoms with van der Waals surface area (Å²) >= 11 is 1.94. The summed E-state index contributed by atoms with van der Waals surface area (Å²) in [6.45, 7) is 4.64. The van der Waals surface area contributed by atoms with E-state index in [0.717, 1.165) is 29.8 Å². The molecule has 0 radical (unpaired) electrons. The first kappa shape index (κ1) is 16.7. The zero-order chi connectivity index (χ0) is 15.5. The summed E-state index contributed by atoms with van der Waals surface area (Å²) in [5.74, 6) is 1.15. The number of alkyl halides is 3. The molecule has 1 heterocycles. The van der Waals surface area contributed by atoms with Crippen LogP contribution in [0.2, 0.25) is 0 Å². The third-order valence-corrected chi connectivity index (χ3v) is 5.40. The normalized spacial score (nSPS) is 21.3. The first-order valence-electron chi connectivity index (χ1n) is 7.46. The van der Waals surface area contributed by atoms with Gasteiger partial charge in [0.1, 0.15) is 0 Å². The Morgan fingerprint density at radius 3 is 2.62 bits per heavy atom. The van der Waals surface area contributed by atoms with Crippen LogP contribution in [-0.2, 0) is 6.18 Å². The summed E-state index contributed by atoms with van der Waals surface area (Å²) in [6.07, 6.45) is -0.690. The van der Waals surface area contributed by atoms with Crippen molar-refractivity contribution in [3.63, 3.8) is 0 Å². The lowest BCUT2D eigenvalue weighted by atomic mass is 9.94. The highest BCUT2D eigenvalue weighted by atomic mass is 32.2. The predicted octanol–water partition coefficient (Wildman–Crippen LogP) is 4.95. The van der Waals surface area contributed by atoms with Crippen LogP contribution >= 0.6 is 11.8 Å². The molecular formula is C16H22F3NS. The molecule has 21 heavy (non-hydrogen) atoms. The summed E-state index contributed by atoms with van der Waals surface area (Å²) in [6, 6.07) is 4.27. The van der Waals surface area contributed by atoms with Crippen LogP contribution in [0.4, 0.5) is 13.2 Å². The molecule has 1 aliphatic heterocycles. The molecule has 1 N–H and O–H groups in total. The van der Waals surface area contributed by atoms with Crippen molar-refractivity contribution in [1.29, 1.82) is 0 Å². The number of thioether (sulfide) groups is 1. The van der Waals surface area contributed by atoms with Gasteiger partial charge in [0.25, 0.3) is 0 Å². The molecule has 2 unspecified atom stereocenters. The Balaban J connectivity index is 2.27. The average molecular weight is 317 g/mol. The van der Waals surface area contributed by atoms with Crippen molar-refractivity contribution in [2.45, 2.75) is 50.6 Å². The number of aryl methyl sites for hydroxylation is 1. The van der Waals surface area contributed by atoms with Crippen molar-refractivity contribution in [3.05, 3.63) is 34.9 Å². The van der Waals surface area contributed by atoms with Crippen molar-refractivity contribution in [2.75, 3.05) is 12.3 Å². The first-order valence-corrected chi connectivity index (χ1v) is 8.51. The highest BCUT2D eigenvalue weighted by molar-refractivity contribution is 8.00. The molecule has 0 aliphatic carbocycles. The van der Waals surface area contributed by atoms with Gasteiger partial charge in [-0.1, -0.05) is 19.4 Å². The molecule has 1 aromatic rings. The summed E-state index contributed by atoms with van der Waals surface area (Å²) in [7, 11) is 0. The van der Waals surface area contributed by atoms with Gasteiger partial charge in [-0.05, 0) is 55.3 Å². The lowest BCUT2D eigenvalue weighted by molar-refractivity contribution is -0.137. The molecule has 0 aromatic heterocycles. The van der Waals surface area contributed by atoms with Gasteiger partial charge in [0.05, 0.1) is 5.56 Å². The predicted molar refractivity (Wildman–Crippen MR) is 82.7 cm³/mol. The Labute approximate surface area is 128 Å². The minimum absolute atomic E-state index is 0.141. The molecule has 5 heteroatoms. The Kier molecular flexibility index (Phi) is 5.60. The van der Waals surface area contributed by atoms with Gasteiger partial charge < -0.3 is 5.32 Å². The summed E-state index contributed by atoms with van der Waals surface area (Å²) in [5.41, 5.74) is 1.17. The third-order valence-electron chi connectivity index (χ3n) is 3.94. The maximum atomic E-state index is 12.8. The van der Waals surface area contributed by atoms with Crippen LogP contribution in [-0.4, -0.2) is 17.5 Å². The van der Waals surface area contributed by atoms with Crippen molar-refractivity contribution in [1.82, 2.24) is 5.32 Å². The van der Waals surface area contributed by atoms with Crippen LogP contribution in [0.25, 0.3) is 0 Å². The van der Waals surface area contributed by atoms with Crippen LogP contribution in [0.3, 0.4) is 0 Å². The molecule has 1 aromatic carbocycles. The van der Waals surface area contributed by atoms with E-state index in [4.69, 9.17) is 0 Å². The number of halogens is 3. The largest absolute Gasteiger partial charge is 0.416 e. The number of hydrogen-bond donors (Lipinski definition) is 1. The van der Waals surface area contributed by atoms with E-state index in [1.807, 2.05) is 18.7 Å². The van der Waals surface area contributed by atoms with Gasteiger partial charge in [-0.3, -0.25) is 0 Å². The fraction of sp³-hybridized carbons (Fsp3) is 0.625. The van der Waals surface area contributed by atoms with Crippen molar-refractivity contribution >= 4 is 11.8 Å². The van der Waals surface area contributed by atoms with Gasteiger partial charge in [-0.15, -0.1) is 0 Å². The zero-order valence-corrected chi connectivity index (χ0v) is 13.3. The second kappa shape index (κ2) is 7.05. The minimum atomic E-state index is -4.27. The van der Waals surface area contributed by atoms with E-state index in [1.54, 1.807) is 13.0 Å². The Hall–Kier alpha value is -0.680. The molecule has 0 spiro atoms. The highest BCUT2D eigenvalue weighted by Gasteiger charge is 2.32. The zero-order valence-electron chi connectivity index (χ0n) is 12.5. The summed E-state index contributed by atoms with van der Waals surface area (Å²) < 4.78 is 38.4. The molecule has 0 saturated carbocycles. The molecular weight excluding hydrogens is 295 g/mol. The monoisotopic (exact) mass is 317 g/mol. The first-order chi connectivity index (χ1) is 9.93. The molecule has 2 rings (SSSR count). The summed E-state index contributed by atoms with van der Waals surface area (Å²) in [4.78, 5) is 0. The molecule has 1 fully saturated rings. The van der Waals surface area contributed by atoms with Gasteiger partial charge in [0.15, 0.2) is 0 Å². The van der Waals surface area contributed by atoms with Crippen molar-refractivity contribution in [3.8, 4) is 0 Å². The Morgan fingerprint density at radius 1 is 1.33 bits per heavy atom. The van der Waals surface area contributed by atoms with E-state index >= 15 is 0 Å². The molecule has 2 atom stereocenters. The fourth-order valence-electron chi connectivity index (χ4n) is 2.89. The van der Waals surface area contributed by atoms with Crippen LogP contribution in [0, 0.1) is 6.92 Å². The summed E-state index contributed by atoms with van der Waals surface area (Å²) in [5, 5.41) is 3.92. The van der Waals surface area contributed by atoms with E-state index in [-0.39, 0.29) is 6.04 Å². The van der Waals surface area contributed by atoms with Crippen LogP contribution < -0.4 is 5.32 Å². The topological polar surface area (TPSA) is 12.0 Å². The van der Waals surface area contributed by atoms with E-state index in [9.17, 15) is 13.2 Å². The number of hydrogen-bond acceptors (Lipinski definition) is 2.